The molecule has 200 valence electrons. The molecule has 2 amide bonds. The van der Waals surface area contributed by atoms with Gasteiger partial charge < -0.3 is 19.7 Å². The van der Waals surface area contributed by atoms with E-state index in [-0.39, 0.29) is 25.0 Å². The summed E-state index contributed by atoms with van der Waals surface area (Å²) in [6, 6.07) is 22.6. The molecule has 9 heteroatoms. The summed E-state index contributed by atoms with van der Waals surface area (Å²) in [5.74, 6) is -0.207. The number of morpholine rings is 1. The molecule has 38 heavy (non-hydrogen) atoms. The van der Waals surface area contributed by atoms with Crippen LogP contribution in [0.5, 0.6) is 5.75 Å². The summed E-state index contributed by atoms with van der Waals surface area (Å²) >= 11 is 12.3. The van der Waals surface area contributed by atoms with E-state index in [1.54, 1.807) is 41.3 Å². The fourth-order valence-electron chi connectivity index (χ4n) is 4.26. The molecule has 0 radical (unpaired) electrons. The molecule has 1 atom stereocenters. The minimum absolute atomic E-state index is 0.193. The molecule has 0 aromatic heterocycles. The Morgan fingerprint density at radius 1 is 0.947 bits per heavy atom. The van der Waals surface area contributed by atoms with Gasteiger partial charge in [0.05, 0.1) is 18.2 Å². The lowest BCUT2D eigenvalue weighted by Crippen LogP contribution is -2.47. The molecule has 0 bridgehead atoms. The summed E-state index contributed by atoms with van der Waals surface area (Å²) in [7, 11) is 0. The third-order valence-corrected chi connectivity index (χ3v) is 6.84. The molecule has 3 aromatic rings. The summed E-state index contributed by atoms with van der Waals surface area (Å²) < 4.78 is 11.2. The largest absolute Gasteiger partial charge is 0.482 e. The summed E-state index contributed by atoms with van der Waals surface area (Å²) in [4.78, 5) is 31.1. The second-order valence-electron chi connectivity index (χ2n) is 8.93. The molecule has 1 saturated heterocycles. The highest BCUT2D eigenvalue weighted by molar-refractivity contribution is 6.32. The number of nitrogens with one attached hydrogen (secondary N) is 1. The van der Waals surface area contributed by atoms with Crippen LogP contribution in [0, 0.1) is 0 Å². The predicted molar refractivity (Wildman–Crippen MR) is 148 cm³/mol. The Labute approximate surface area is 233 Å². The summed E-state index contributed by atoms with van der Waals surface area (Å²) in [6.07, 6.45) is 0. The standard InChI is InChI=1S/C29H31Cl2N3O4/c30-24-12-10-22(11-13-24)20-34(27(35)21-38-26-9-5-4-8-25(26)31)28(23-6-2-1-3-7-23)29(36)32-14-15-33-16-18-37-19-17-33/h1-13,28H,14-21H2,(H,32,36)/t28-/m0/s1. The maximum atomic E-state index is 13.7. The number of carbonyl (C=O) groups is 2. The lowest BCUT2D eigenvalue weighted by Gasteiger charge is -2.32. The van der Waals surface area contributed by atoms with Crippen LogP contribution < -0.4 is 10.1 Å². The van der Waals surface area contributed by atoms with Gasteiger partial charge in [-0.15, -0.1) is 0 Å². The number of para-hydroxylation sites is 1. The van der Waals surface area contributed by atoms with Crippen molar-refractivity contribution in [2.75, 3.05) is 46.0 Å². The SMILES string of the molecule is O=C(NCCN1CCOCC1)[C@H](c1ccccc1)N(Cc1ccc(Cl)cc1)C(=O)COc1ccccc1Cl. The molecule has 1 N–H and O–H groups in total. The van der Waals surface area contributed by atoms with Gasteiger partial charge >= 0.3 is 0 Å². The fourth-order valence-corrected chi connectivity index (χ4v) is 4.58. The smallest absolute Gasteiger partial charge is 0.261 e. The molecule has 3 aromatic carbocycles. The zero-order valence-corrected chi connectivity index (χ0v) is 22.5. The maximum absolute atomic E-state index is 13.7. The van der Waals surface area contributed by atoms with Crippen LogP contribution in [-0.2, 0) is 20.9 Å². The minimum atomic E-state index is -0.862. The van der Waals surface area contributed by atoms with Gasteiger partial charge in [0.2, 0.25) is 5.91 Å². The van der Waals surface area contributed by atoms with Crippen molar-refractivity contribution in [1.82, 2.24) is 15.1 Å². The first-order chi connectivity index (χ1) is 18.5. The van der Waals surface area contributed by atoms with Crippen LogP contribution in [0.2, 0.25) is 10.0 Å². The highest BCUT2D eigenvalue weighted by Crippen LogP contribution is 2.26. The molecule has 0 unspecified atom stereocenters. The van der Waals surface area contributed by atoms with Crippen molar-refractivity contribution in [2.24, 2.45) is 0 Å². The number of ether oxygens (including phenoxy) is 2. The topological polar surface area (TPSA) is 71.1 Å². The molecular formula is C29H31Cl2N3O4. The Morgan fingerprint density at radius 3 is 2.34 bits per heavy atom. The van der Waals surface area contributed by atoms with E-state index in [2.05, 4.69) is 10.2 Å². The van der Waals surface area contributed by atoms with Gasteiger partial charge in [0.25, 0.3) is 5.91 Å². The third kappa shape index (κ3) is 7.95. The molecule has 1 fully saturated rings. The molecule has 0 saturated carbocycles. The molecule has 7 nitrogen and oxygen atoms in total. The molecule has 1 aliphatic rings. The first kappa shape index (κ1) is 27.9. The van der Waals surface area contributed by atoms with Crippen molar-refractivity contribution in [3.05, 3.63) is 100 Å². The molecule has 1 heterocycles. The van der Waals surface area contributed by atoms with E-state index >= 15 is 0 Å². The van der Waals surface area contributed by atoms with Crippen LogP contribution in [0.4, 0.5) is 0 Å². The maximum Gasteiger partial charge on any atom is 0.261 e. The molecule has 1 aliphatic heterocycles. The van der Waals surface area contributed by atoms with E-state index < -0.39 is 6.04 Å². The normalized spacial score (nSPS) is 14.5. The summed E-state index contributed by atoms with van der Waals surface area (Å²) in [5.41, 5.74) is 1.54. The van der Waals surface area contributed by atoms with Crippen molar-refractivity contribution in [1.29, 1.82) is 0 Å². The summed E-state index contributed by atoms with van der Waals surface area (Å²) in [5, 5.41) is 4.04. The number of rotatable bonds is 11. The fraction of sp³-hybridized carbons (Fsp3) is 0.310. The average molecular weight is 556 g/mol. The first-order valence-corrected chi connectivity index (χ1v) is 13.3. The van der Waals surface area contributed by atoms with Gasteiger partial charge in [-0.2, -0.15) is 0 Å². The molecule has 4 rings (SSSR count). The minimum Gasteiger partial charge on any atom is -0.482 e. The number of hydrogen-bond donors (Lipinski definition) is 1. The predicted octanol–water partition coefficient (Wildman–Crippen LogP) is 4.59. The van der Waals surface area contributed by atoms with Crippen molar-refractivity contribution in [3.63, 3.8) is 0 Å². The quantitative estimate of drug-likeness (QED) is 0.374. The van der Waals surface area contributed by atoms with Gasteiger partial charge in [-0.05, 0) is 35.4 Å². The highest BCUT2D eigenvalue weighted by atomic mass is 35.5. The Balaban J connectivity index is 1.56. The Hall–Kier alpha value is -3.10. The van der Waals surface area contributed by atoms with Crippen molar-refractivity contribution in [3.8, 4) is 5.75 Å². The number of hydrogen-bond acceptors (Lipinski definition) is 5. The molecular weight excluding hydrogens is 525 g/mol. The Morgan fingerprint density at radius 2 is 1.63 bits per heavy atom. The second kappa shape index (κ2) is 14.2. The van der Waals surface area contributed by atoms with Gasteiger partial charge in [0, 0.05) is 37.7 Å². The Kier molecular flexibility index (Phi) is 10.4. The van der Waals surface area contributed by atoms with Crippen LogP contribution in [-0.4, -0.2) is 67.6 Å². The molecule has 0 aliphatic carbocycles. The van der Waals surface area contributed by atoms with Gasteiger partial charge in [0.1, 0.15) is 11.8 Å². The van der Waals surface area contributed by atoms with Gasteiger partial charge in [-0.1, -0.05) is 77.8 Å². The van der Waals surface area contributed by atoms with E-state index in [0.717, 1.165) is 18.7 Å². The van der Waals surface area contributed by atoms with Crippen LogP contribution >= 0.6 is 23.2 Å². The first-order valence-electron chi connectivity index (χ1n) is 12.6. The molecule has 0 spiro atoms. The van der Waals surface area contributed by atoms with Gasteiger partial charge in [-0.3, -0.25) is 14.5 Å². The van der Waals surface area contributed by atoms with E-state index in [1.165, 1.54) is 0 Å². The van der Waals surface area contributed by atoms with Crippen molar-refractivity contribution < 1.29 is 19.1 Å². The second-order valence-corrected chi connectivity index (χ2v) is 9.77. The van der Waals surface area contributed by atoms with Gasteiger partial charge in [-0.25, -0.2) is 0 Å². The zero-order chi connectivity index (χ0) is 26.7. The van der Waals surface area contributed by atoms with Crippen LogP contribution in [0.15, 0.2) is 78.9 Å². The van der Waals surface area contributed by atoms with Crippen LogP contribution in [0.3, 0.4) is 0 Å². The van der Waals surface area contributed by atoms with Crippen molar-refractivity contribution >= 4 is 35.0 Å². The van der Waals surface area contributed by atoms with E-state index in [1.807, 2.05) is 42.5 Å². The van der Waals surface area contributed by atoms with E-state index in [4.69, 9.17) is 32.7 Å². The lowest BCUT2D eigenvalue weighted by molar-refractivity contribution is -0.143. The number of nitrogens with zero attached hydrogens (tertiary/aromatic N) is 2. The number of benzene rings is 3. The number of carbonyl (C=O) groups excluding carboxylic acids is 2. The zero-order valence-electron chi connectivity index (χ0n) is 21.0. The van der Waals surface area contributed by atoms with Gasteiger partial charge in [0.15, 0.2) is 6.61 Å². The summed E-state index contributed by atoms with van der Waals surface area (Å²) in [6.45, 7) is 4.13. The monoisotopic (exact) mass is 555 g/mol. The number of halogens is 2. The van der Waals surface area contributed by atoms with Crippen LogP contribution in [0.25, 0.3) is 0 Å². The van der Waals surface area contributed by atoms with E-state index in [0.29, 0.717) is 47.7 Å². The third-order valence-electron chi connectivity index (χ3n) is 6.28. The van der Waals surface area contributed by atoms with Crippen molar-refractivity contribution in [2.45, 2.75) is 12.6 Å². The Bertz CT molecular complexity index is 1190. The van der Waals surface area contributed by atoms with E-state index in [9.17, 15) is 9.59 Å². The number of amides is 2. The lowest BCUT2D eigenvalue weighted by atomic mass is 10.0. The highest BCUT2D eigenvalue weighted by Gasteiger charge is 2.32. The van der Waals surface area contributed by atoms with Crippen LogP contribution in [0.1, 0.15) is 17.2 Å². The average Bonchev–Trinajstić information content (AvgIpc) is 2.94.